The lowest BCUT2D eigenvalue weighted by atomic mass is 10.0. The summed E-state index contributed by atoms with van der Waals surface area (Å²) in [5.41, 5.74) is 1.21. The molecule has 2 heterocycles. The van der Waals surface area contributed by atoms with Crippen LogP contribution in [0.25, 0.3) is 0 Å². The Morgan fingerprint density at radius 2 is 2.50 bits per heavy atom. The Morgan fingerprint density at radius 1 is 1.62 bits per heavy atom. The molecule has 2 rings (SSSR count). The van der Waals surface area contributed by atoms with E-state index in [4.69, 9.17) is 4.74 Å². The third-order valence-corrected chi connectivity index (χ3v) is 3.05. The van der Waals surface area contributed by atoms with E-state index in [2.05, 4.69) is 30.5 Å². The summed E-state index contributed by atoms with van der Waals surface area (Å²) >= 11 is 0. The van der Waals surface area contributed by atoms with Crippen molar-refractivity contribution in [1.82, 2.24) is 15.1 Å². The van der Waals surface area contributed by atoms with Crippen LogP contribution in [0.3, 0.4) is 0 Å². The summed E-state index contributed by atoms with van der Waals surface area (Å²) < 4.78 is 7.60. The molecule has 90 valence electrons. The number of nitrogens with one attached hydrogen (secondary N) is 1. The topological polar surface area (TPSA) is 39.1 Å². The molecular formula is C12H21N3O. The summed E-state index contributed by atoms with van der Waals surface area (Å²) in [4.78, 5) is 0. The first-order valence-corrected chi connectivity index (χ1v) is 6.13. The van der Waals surface area contributed by atoms with Crippen molar-refractivity contribution < 1.29 is 4.74 Å². The third-order valence-electron chi connectivity index (χ3n) is 3.05. The maximum atomic E-state index is 5.56. The molecule has 1 aliphatic heterocycles. The first-order chi connectivity index (χ1) is 7.81. The second kappa shape index (κ2) is 5.46. The van der Waals surface area contributed by atoms with E-state index in [-0.39, 0.29) is 0 Å². The zero-order chi connectivity index (χ0) is 11.4. The summed E-state index contributed by atoms with van der Waals surface area (Å²) in [6.45, 7) is 6.96. The van der Waals surface area contributed by atoms with Gasteiger partial charge in [0.2, 0.25) is 0 Å². The van der Waals surface area contributed by atoms with E-state index in [9.17, 15) is 0 Å². The highest BCUT2D eigenvalue weighted by molar-refractivity contribution is 5.01. The molecule has 16 heavy (non-hydrogen) atoms. The summed E-state index contributed by atoms with van der Waals surface area (Å²) in [5.74, 6) is 0. The molecule has 0 aromatic carbocycles. The van der Waals surface area contributed by atoms with E-state index in [0.717, 1.165) is 26.2 Å². The first-order valence-electron chi connectivity index (χ1n) is 6.13. The molecule has 1 saturated heterocycles. The second-order valence-corrected chi connectivity index (χ2v) is 4.49. The minimum atomic E-state index is 0.342. The average Bonchev–Trinajstić information content (AvgIpc) is 2.73. The predicted molar refractivity (Wildman–Crippen MR) is 63.5 cm³/mol. The van der Waals surface area contributed by atoms with Crippen LogP contribution in [-0.2, 0) is 4.74 Å². The molecular weight excluding hydrogens is 202 g/mol. The number of rotatable bonds is 4. The lowest BCUT2D eigenvalue weighted by Gasteiger charge is -2.32. The van der Waals surface area contributed by atoms with Crippen LogP contribution in [0.2, 0.25) is 0 Å². The van der Waals surface area contributed by atoms with Gasteiger partial charge in [0.05, 0.1) is 18.8 Å². The molecule has 1 aromatic rings. The quantitative estimate of drug-likeness (QED) is 0.841. The van der Waals surface area contributed by atoms with E-state index < -0.39 is 0 Å². The Morgan fingerprint density at radius 3 is 3.19 bits per heavy atom. The van der Waals surface area contributed by atoms with Crippen molar-refractivity contribution in [3.8, 4) is 0 Å². The molecule has 1 fully saturated rings. The van der Waals surface area contributed by atoms with Crippen LogP contribution in [0.4, 0.5) is 0 Å². The van der Waals surface area contributed by atoms with Crippen LogP contribution < -0.4 is 5.32 Å². The van der Waals surface area contributed by atoms with E-state index in [0.29, 0.717) is 12.1 Å². The molecule has 0 aliphatic carbocycles. The van der Waals surface area contributed by atoms with Crippen molar-refractivity contribution in [3.63, 3.8) is 0 Å². The van der Waals surface area contributed by atoms with Crippen molar-refractivity contribution in [3.05, 3.63) is 18.0 Å². The maximum Gasteiger partial charge on any atom is 0.0906 e. The van der Waals surface area contributed by atoms with Gasteiger partial charge in [-0.3, -0.25) is 4.68 Å². The van der Waals surface area contributed by atoms with E-state index >= 15 is 0 Å². The summed E-state index contributed by atoms with van der Waals surface area (Å²) in [7, 11) is 0. The van der Waals surface area contributed by atoms with Crippen LogP contribution in [0.1, 0.15) is 31.4 Å². The van der Waals surface area contributed by atoms with Gasteiger partial charge < -0.3 is 10.1 Å². The van der Waals surface area contributed by atoms with Crippen LogP contribution in [-0.4, -0.2) is 35.6 Å². The summed E-state index contributed by atoms with van der Waals surface area (Å²) in [6, 6.07) is 0.835. The minimum Gasteiger partial charge on any atom is -0.379 e. The Kier molecular flexibility index (Phi) is 3.96. The molecule has 2 atom stereocenters. The summed E-state index contributed by atoms with van der Waals surface area (Å²) in [6.07, 6.45) is 6.25. The fourth-order valence-electron chi connectivity index (χ4n) is 2.17. The lowest BCUT2D eigenvalue weighted by Crippen LogP contribution is -2.44. The zero-order valence-electron chi connectivity index (χ0n) is 10.1. The second-order valence-electron chi connectivity index (χ2n) is 4.49. The SMILES string of the molecule is CCCNC1CCOCC1n1cc(C)cn1. The van der Waals surface area contributed by atoms with E-state index in [1.807, 2.05) is 10.9 Å². The molecule has 1 aliphatic rings. The molecule has 0 spiro atoms. The molecule has 0 radical (unpaired) electrons. The number of aryl methyl sites for hydroxylation is 1. The normalized spacial score (nSPS) is 25.9. The minimum absolute atomic E-state index is 0.342. The predicted octanol–water partition coefficient (Wildman–Crippen LogP) is 1.52. The van der Waals surface area contributed by atoms with E-state index in [1.165, 1.54) is 12.0 Å². The van der Waals surface area contributed by atoms with Gasteiger partial charge in [0.25, 0.3) is 0 Å². The van der Waals surface area contributed by atoms with Crippen LogP contribution in [0.15, 0.2) is 12.4 Å². The molecule has 1 N–H and O–H groups in total. The van der Waals surface area contributed by atoms with Crippen molar-refractivity contribution in [2.24, 2.45) is 0 Å². The maximum absolute atomic E-state index is 5.56. The highest BCUT2D eigenvalue weighted by atomic mass is 16.5. The largest absolute Gasteiger partial charge is 0.379 e. The summed E-state index contributed by atoms with van der Waals surface area (Å²) in [5, 5.41) is 7.98. The monoisotopic (exact) mass is 223 g/mol. The first kappa shape index (κ1) is 11.6. The van der Waals surface area contributed by atoms with Gasteiger partial charge in [0.1, 0.15) is 0 Å². The van der Waals surface area contributed by atoms with Gasteiger partial charge in [0, 0.05) is 18.8 Å². The number of aromatic nitrogens is 2. The standard InChI is InChI=1S/C12H21N3O/c1-3-5-13-11-4-6-16-9-12(11)15-8-10(2)7-14-15/h7-8,11-13H,3-6,9H2,1-2H3. The van der Waals surface area contributed by atoms with Crippen molar-refractivity contribution >= 4 is 0 Å². The van der Waals surface area contributed by atoms with E-state index in [1.54, 1.807) is 0 Å². The van der Waals surface area contributed by atoms with Gasteiger partial charge in [-0.25, -0.2) is 0 Å². The van der Waals surface area contributed by atoms with Gasteiger partial charge in [0.15, 0.2) is 0 Å². The number of ether oxygens (including phenoxy) is 1. The molecule has 0 saturated carbocycles. The Bertz CT molecular complexity index is 324. The number of hydrogen-bond donors (Lipinski definition) is 1. The zero-order valence-corrected chi connectivity index (χ0v) is 10.1. The highest BCUT2D eigenvalue weighted by Crippen LogP contribution is 2.19. The molecule has 4 nitrogen and oxygen atoms in total. The Hall–Kier alpha value is -0.870. The lowest BCUT2D eigenvalue weighted by molar-refractivity contribution is 0.0327. The van der Waals surface area contributed by atoms with Gasteiger partial charge in [-0.05, 0) is 31.9 Å². The highest BCUT2D eigenvalue weighted by Gasteiger charge is 2.26. The molecule has 1 aromatic heterocycles. The van der Waals surface area contributed by atoms with Gasteiger partial charge in [-0.15, -0.1) is 0 Å². The molecule has 0 bridgehead atoms. The van der Waals surface area contributed by atoms with Crippen LogP contribution in [0.5, 0.6) is 0 Å². The smallest absolute Gasteiger partial charge is 0.0906 e. The molecule has 0 amide bonds. The fraction of sp³-hybridized carbons (Fsp3) is 0.750. The fourth-order valence-corrected chi connectivity index (χ4v) is 2.17. The Labute approximate surface area is 97.0 Å². The molecule has 2 unspecified atom stereocenters. The van der Waals surface area contributed by atoms with Gasteiger partial charge in [-0.1, -0.05) is 6.92 Å². The molecule has 4 heteroatoms. The van der Waals surface area contributed by atoms with Crippen molar-refractivity contribution in [2.45, 2.75) is 38.8 Å². The van der Waals surface area contributed by atoms with Crippen molar-refractivity contribution in [2.75, 3.05) is 19.8 Å². The van der Waals surface area contributed by atoms with Crippen LogP contribution >= 0.6 is 0 Å². The average molecular weight is 223 g/mol. The van der Waals surface area contributed by atoms with Gasteiger partial charge in [-0.2, -0.15) is 5.10 Å². The third kappa shape index (κ3) is 2.62. The number of nitrogens with zero attached hydrogens (tertiary/aromatic N) is 2. The van der Waals surface area contributed by atoms with Crippen molar-refractivity contribution in [1.29, 1.82) is 0 Å². The van der Waals surface area contributed by atoms with Gasteiger partial charge >= 0.3 is 0 Å². The number of hydrogen-bond acceptors (Lipinski definition) is 3. The Balaban J connectivity index is 2.04. The van der Waals surface area contributed by atoms with Crippen LogP contribution in [0, 0.1) is 6.92 Å².